The molecule has 0 bridgehead atoms. The largest absolute Gasteiger partial charge is 0.497 e. The van der Waals surface area contributed by atoms with Crippen LogP contribution < -0.4 is 10.5 Å². The summed E-state index contributed by atoms with van der Waals surface area (Å²) in [6.07, 6.45) is 1.13. The molecule has 1 aliphatic rings. The monoisotopic (exact) mass is 191 g/mol. The second-order valence-electron chi connectivity index (χ2n) is 4.09. The summed E-state index contributed by atoms with van der Waals surface area (Å²) in [4.78, 5) is 0. The van der Waals surface area contributed by atoms with Gasteiger partial charge in [-0.25, -0.2) is 0 Å². The lowest BCUT2D eigenvalue weighted by atomic mass is 9.94. The van der Waals surface area contributed by atoms with Crippen molar-refractivity contribution < 1.29 is 4.74 Å². The molecule has 0 aliphatic heterocycles. The fraction of sp³-hybridized carbons (Fsp3) is 0.500. The van der Waals surface area contributed by atoms with Crippen LogP contribution in [0, 0.1) is 5.92 Å². The van der Waals surface area contributed by atoms with Crippen molar-refractivity contribution in [1.29, 1.82) is 0 Å². The molecule has 0 saturated carbocycles. The summed E-state index contributed by atoms with van der Waals surface area (Å²) in [6, 6.07) is 6.33. The minimum atomic E-state index is 0.538. The van der Waals surface area contributed by atoms with E-state index < -0.39 is 0 Å². The fourth-order valence-electron chi connectivity index (χ4n) is 2.40. The summed E-state index contributed by atoms with van der Waals surface area (Å²) in [5, 5.41) is 0. The second-order valence-corrected chi connectivity index (χ2v) is 4.09. The standard InChI is InChI=1S/C12H17NO/c1-8-5-9-6-10(14-2)3-4-11(9)12(8)7-13/h3-4,6,8,12H,5,7,13H2,1-2H3. The zero-order chi connectivity index (χ0) is 10.1. The highest BCUT2D eigenvalue weighted by Crippen LogP contribution is 2.38. The Balaban J connectivity index is 2.37. The second kappa shape index (κ2) is 3.62. The van der Waals surface area contributed by atoms with E-state index >= 15 is 0 Å². The van der Waals surface area contributed by atoms with E-state index in [9.17, 15) is 0 Å². The van der Waals surface area contributed by atoms with Gasteiger partial charge in [0.15, 0.2) is 0 Å². The van der Waals surface area contributed by atoms with E-state index in [0.717, 1.165) is 18.7 Å². The van der Waals surface area contributed by atoms with Crippen LogP contribution in [-0.2, 0) is 6.42 Å². The van der Waals surface area contributed by atoms with Crippen LogP contribution >= 0.6 is 0 Å². The van der Waals surface area contributed by atoms with Crippen molar-refractivity contribution in [2.24, 2.45) is 11.7 Å². The Labute approximate surface area is 85.1 Å². The zero-order valence-electron chi connectivity index (χ0n) is 8.79. The number of methoxy groups -OCH3 is 1. The minimum absolute atomic E-state index is 0.538. The van der Waals surface area contributed by atoms with Crippen molar-refractivity contribution in [2.45, 2.75) is 19.3 Å². The van der Waals surface area contributed by atoms with Gasteiger partial charge in [0.2, 0.25) is 0 Å². The Morgan fingerprint density at radius 3 is 2.93 bits per heavy atom. The van der Waals surface area contributed by atoms with Crippen LogP contribution in [-0.4, -0.2) is 13.7 Å². The normalized spacial score (nSPS) is 24.8. The van der Waals surface area contributed by atoms with E-state index in [-0.39, 0.29) is 0 Å². The molecule has 2 atom stereocenters. The van der Waals surface area contributed by atoms with Gasteiger partial charge in [-0.2, -0.15) is 0 Å². The summed E-state index contributed by atoms with van der Waals surface area (Å²) < 4.78 is 5.21. The molecule has 2 rings (SSSR count). The molecule has 0 spiro atoms. The molecule has 1 aromatic carbocycles. The number of hydrogen-bond donors (Lipinski definition) is 1. The predicted octanol–water partition coefficient (Wildman–Crippen LogP) is 1.93. The smallest absolute Gasteiger partial charge is 0.119 e. The molecule has 0 heterocycles. The van der Waals surface area contributed by atoms with E-state index in [0.29, 0.717) is 11.8 Å². The maximum Gasteiger partial charge on any atom is 0.119 e. The topological polar surface area (TPSA) is 35.2 Å². The average Bonchev–Trinajstić information content (AvgIpc) is 2.51. The summed E-state index contributed by atoms with van der Waals surface area (Å²) in [6.45, 7) is 3.02. The summed E-state index contributed by atoms with van der Waals surface area (Å²) in [7, 11) is 1.71. The van der Waals surface area contributed by atoms with Crippen LogP contribution in [0.25, 0.3) is 0 Å². The van der Waals surface area contributed by atoms with Crippen LogP contribution in [0.5, 0.6) is 5.75 Å². The van der Waals surface area contributed by atoms with E-state index in [2.05, 4.69) is 19.1 Å². The Morgan fingerprint density at radius 2 is 2.29 bits per heavy atom. The Hall–Kier alpha value is -1.02. The molecule has 0 saturated heterocycles. The molecule has 1 aromatic rings. The molecule has 14 heavy (non-hydrogen) atoms. The van der Waals surface area contributed by atoms with Gasteiger partial charge < -0.3 is 10.5 Å². The number of benzene rings is 1. The molecule has 0 amide bonds. The summed E-state index contributed by atoms with van der Waals surface area (Å²) in [5.74, 6) is 2.16. The third kappa shape index (κ3) is 1.40. The molecule has 0 fully saturated rings. The van der Waals surface area contributed by atoms with Crippen molar-refractivity contribution in [1.82, 2.24) is 0 Å². The van der Waals surface area contributed by atoms with Gasteiger partial charge in [0, 0.05) is 0 Å². The molecule has 2 nitrogen and oxygen atoms in total. The molecule has 2 heteroatoms. The highest BCUT2D eigenvalue weighted by atomic mass is 16.5. The molecule has 1 aliphatic carbocycles. The van der Waals surface area contributed by atoms with E-state index in [1.165, 1.54) is 11.1 Å². The average molecular weight is 191 g/mol. The van der Waals surface area contributed by atoms with Crippen molar-refractivity contribution >= 4 is 0 Å². The Morgan fingerprint density at radius 1 is 1.50 bits per heavy atom. The first-order valence-corrected chi connectivity index (χ1v) is 5.13. The lowest BCUT2D eigenvalue weighted by Crippen LogP contribution is -2.15. The Kier molecular flexibility index (Phi) is 2.46. The maximum absolute atomic E-state index is 5.78. The third-order valence-corrected chi connectivity index (χ3v) is 3.23. The summed E-state index contributed by atoms with van der Waals surface area (Å²) >= 11 is 0. The summed E-state index contributed by atoms with van der Waals surface area (Å²) in [5.41, 5.74) is 8.61. The number of ether oxygens (including phenoxy) is 1. The highest BCUT2D eigenvalue weighted by Gasteiger charge is 2.28. The van der Waals surface area contributed by atoms with Gasteiger partial charge in [-0.3, -0.25) is 0 Å². The van der Waals surface area contributed by atoms with Crippen molar-refractivity contribution in [2.75, 3.05) is 13.7 Å². The lowest BCUT2D eigenvalue weighted by Gasteiger charge is -2.13. The van der Waals surface area contributed by atoms with E-state index in [4.69, 9.17) is 10.5 Å². The quantitative estimate of drug-likeness (QED) is 0.775. The molecular weight excluding hydrogens is 174 g/mol. The molecule has 2 N–H and O–H groups in total. The van der Waals surface area contributed by atoms with Gasteiger partial charge in [-0.05, 0) is 48.1 Å². The maximum atomic E-state index is 5.78. The van der Waals surface area contributed by atoms with Crippen LogP contribution in [0.15, 0.2) is 18.2 Å². The number of hydrogen-bond acceptors (Lipinski definition) is 2. The van der Waals surface area contributed by atoms with Crippen molar-refractivity contribution in [3.63, 3.8) is 0 Å². The van der Waals surface area contributed by atoms with Crippen LogP contribution in [0.3, 0.4) is 0 Å². The van der Waals surface area contributed by atoms with Gasteiger partial charge in [0.1, 0.15) is 5.75 Å². The first kappa shape index (κ1) is 9.53. The van der Waals surface area contributed by atoms with Crippen LogP contribution in [0.4, 0.5) is 0 Å². The molecular formula is C12H17NO. The number of rotatable bonds is 2. The minimum Gasteiger partial charge on any atom is -0.497 e. The van der Waals surface area contributed by atoms with Crippen LogP contribution in [0.1, 0.15) is 24.0 Å². The van der Waals surface area contributed by atoms with Gasteiger partial charge in [0.25, 0.3) is 0 Å². The molecule has 76 valence electrons. The van der Waals surface area contributed by atoms with Gasteiger partial charge >= 0.3 is 0 Å². The number of nitrogens with two attached hydrogens (primary N) is 1. The fourth-order valence-corrected chi connectivity index (χ4v) is 2.40. The van der Waals surface area contributed by atoms with Gasteiger partial charge in [0.05, 0.1) is 7.11 Å². The predicted molar refractivity (Wildman–Crippen MR) is 57.7 cm³/mol. The zero-order valence-corrected chi connectivity index (χ0v) is 8.79. The van der Waals surface area contributed by atoms with Gasteiger partial charge in [-0.15, -0.1) is 0 Å². The SMILES string of the molecule is COc1ccc2c(c1)CC(C)C2CN. The third-order valence-electron chi connectivity index (χ3n) is 3.23. The molecule has 0 radical (unpaired) electrons. The lowest BCUT2D eigenvalue weighted by molar-refractivity contribution is 0.414. The van der Waals surface area contributed by atoms with Crippen LogP contribution in [0.2, 0.25) is 0 Å². The van der Waals surface area contributed by atoms with E-state index in [1.54, 1.807) is 7.11 Å². The van der Waals surface area contributed by atoms with Crippen molar-refractivity contribution in [3.8, 4) is 5.75 Å². The van der Waals surface area contributed by atoms with Gasteiger partial charge in [-0.1, -0.05) is 13.0 Å². The first-order valence-electron chi connectivity index (χ1n) is 5.13. The molecule has 2 unspecified atom stereocenters. The first-order chi connectivity index (χ1) is 6.76. The van der Waals surface area contributed by atoms with E-state index in [1.807, 2.05) is 6.07 Å². The number of fused-ring (bicyclic) bond motifs is 1. The Bertz CT molecular complexity index is 335. The van der Waals surface area contributed by atoms with Crippen molar-refractivity contribution in [3.05, 3.63) is 29.3 Å². The highest BCUT2D eigenvalue weighted by molar-refractivity contribution is 5.41. The molecule has 0 aromatic heterocycles.